The average molecular weight is 399 g/mol. The van der Waals surface area contributed by atoms with Crippen molar-refractivity contribution < 1.29 is 23.9 Å². The highest BCUT2D eigenvalue weighted by atomic mass is 16.6. The molecule has 152 valence electrons. The predicted molar refractivity (Wildman–Crippen MR) is 105 cm³/mol. The van der Waals surface area contributed by atoms with Crippen LogP contribution < -0.4 is 19.1 Å². The second-order valence-corrected chi connectivity index (χ2v) is 6.76. The number of rotatable bonds is 4. The fourth-order valence-corrected chi connectivity index (χ4v) is 3.55. The lowest BCUT2D eigenvalue weighted by molar-refractivity contribution is -0.384. The number of hydrogen-bond acceptors (Lipinski definition) is 7. The van der Waals surface area contributed by atoms with Gasteiger partial charge in [-0.05, 0) is 18.2 Å². The maximum absolute atomic E-state index is 13.0. The molecule has 0 saturated carbocycles. The first-order chi connectivity index (χ1) is 14.1. The van der Waals surface area contributed by atoms with Gasteiger partial charge in [0.15, 0.2) is 11.5 Å². The number of anilines is 1. The molecule has 0 spiro atoms. The van der Waals surface area contributed by atoms with Gasteiger partial charge in [0.1, 0.15) is 13.2 Å². The minimum Gasteiger partial charge on any atom is -0.493 e. The van der Waals surface area contributed by atoms with Crippen LogP contribution in [0.25, 0.3) is 0 Å². The van der Waals surface area contributed by atoms with Gasteiger partial charge in [0, 0.05) is 49.6 Å². The fourth-order valence-electron chi connectivity index (χ4n) is 3.55. The van der Waals surface area contributed by atoms with E-state index < -0.39 is 4.92 Å². The normalized spacial score (nSPS) is 15.8. The molecule has 2 heterocycles. The number of methoxy groups -OCH3 is 1. The molecule has 0 atom stereocenters. The van der Waals surface area contributed by atoms with Crippen molar-refractivity contribution in [1.82, 2.24) is 4.90 Å². The van der Waals surface area contributed by atoms with Crippen LogP contribution in [-0.2, 0) is 0 Å². The summed E-state index contributed by atoms with van der Waals surface area (Å²) in [5.74, 6) is 1.39. The van der Waals surface area contributed by atoms with Crippen LogP contribution in [0.15, 0.2) is 36.4 Å². The summed E-state index contributed by atoms with van der Waals surface area (Å²) in [5, 5.41) is 11.0. The molecule has 0 unspecified atom stereocenters. The van der Waals surface area contributed by atoms with E-state index in [4.69, 9.17) is 14.2 Å². The third kappa shape index (κ3) is 3.75. The Morgan fingerprint density at radius 2 is 1.86 bits per heavy atom. The topological polar surface area (TPSA) is 94.4 Å². The van der Waals surface area contributed by atoms with Crippen molar-refractivity contribution in [3.05, 3.63) is 52.1 Å². The van der Waals surface area contributed by atoms with Crippen molar-refractivity contribution in [2.24, 2.45) is 0 Å². The molecule has 29 heavy (non-hydrogen) atoms. The van der Waals surface area contributed by atoms with Crippen molar-refractivity contribution >= 4 is 17.3 Å². The van der Waals surface area contributed by atoms with Crippen LogP contribution in [0.2, 0.25) is 0 Å². The van der Waals surface area contributed by atoms with Crippen molar-refractivity contribution in [3.63, 3.8) is 0 Å². The van der Waals surface area contributed by atoms with Crippen LogP contribution >= 0.6 is 0 Å². The van der Waals surface area contributed by atoms with Crippen molar-refractivity contribution in [2.75, 3.05) is 51.4 Å². The molecule has 2 aliphatic rings. The van der Waals surface area contributed by atoms with E-state index in [-0.39, 0.29) is 11.6 Å². The number of fused-ring (bicyclic) bond motifs is 1. The molecule has 1 saturated heterocycles. The first-order valence-corrected chi connectivity index (χ1v) is 9.33. The SMILES string of the molecule is COc1cc(C(=O)N2CCN(c3cccc([N+](=O)[O-])c3)CC2)cc2c1OCCO2. The van der Waals surface area contributed by atoms with E-state index in [0.717, 1.165) is 5.69 Å². The zero-order valence-corrected chi connectivity index (χ0v) is 16.0. The Kier molecular flexibility index (Phi) is 5.11. The lowest BCUT2D eigenvalue weighted by Crippen LogP contribution is -2.48. The van der Waals surface area contributed by atoms with Gasteiger partial charge in [-0.15, -0.1) is 0 Å². The molecule has 2 aromatic carbocycles. The highest BCUT2D eigenvalue weighted by Gasteiger charge is 2.26. The summed E-state index contributed by atoms with van der Waals surface area (Å²) in [7, 11) is 1.53. The average Bonchev–Trinajstić information content (AvgIpc) is 2.78. The Bertz CT molecular complexity index is 923. The van der Waals surface area contributed by atoms with Gasteiger partial charge in [-0.3, -0.25) is 14.9 Å². The molecule has 1 fully saturated rings. The quantitative estimate of drug-likeness (QED) is 0.575. The smallest absolute Gasteiger partial charge is 0.271 e. The number of carbonyl (C=O) groups excluding carboxylic acids is 1. The summed E-state index contributed by atoms with van der Waals surface area (Å²) in [5.41, 5.74) is 1.33. The molecule has 0 N–H and O–H groups in total. The predicted octanol–water partition coefficient (Wildman–Crippen LogP) is 2.34. The molecule has 2 aliphatic heterocycles. The van der Waals surface area contributed by atoms with Crippen LogP contribution in [0.4, 0.5) is 11.4 Å². The molecule has 2 aromatic rings. The van der Waals surface area contributed by atoms with Crippen LogP contribution in [0, 0.1) is 10.1 Å². The van der Waals surface area contributed by atoms with Crippen molar-refractivity contribution in [3.8, 4) is 17.2 Å². The third-order valence-corrected chi connectivity index (χ3v) is 5.05. The minimum atomic E-state index is -0.404. The summed E-state index contributed by atoms with van der Waals surface area (Å²) < 4.78 is 16.6. The molecule has 0 bridgehead atoms. The number of hydrogen-bond donors (Lipinski definition) is 0. The zero-order chi connectivity index (χ0) is 20.4. The molecule has 0 aliphatic carbocycles. The van der Waals surface area contributed by atoms with Crippen LogP contribution in [0.3, 0.4) is 0 Å². The van der Waals surface area contributed by atoms with Crippen molar-refractivity contribution in [2.45, 2.75) is 0 Å². The van der Waals surface area contributed by atoms with E-state index in [0.29, 0.717) is 62.2 Å². The Balaban J connectivity index is 1.47. The third-order valence-electron chi connectivity index (χ3n) is 5.05. The number of carbonyl (C=O) groups is 1. The number of nitrogens with zero attached hydrogens (tertiary/aromatic N) is 3. The second-order valence-electron chi connectivity index (χ2n) is 6.76. The van der Waals surface area contributed by atoms with Crippen LogP contribution in [-0.4, -0.2) is 62.2 Å². The molecule has 9 nitrogen and oxygen atoms in total. The number of benzene rings is 2. The molecule has 0 radical (unpaired) electrons. The van der Waals surface area contributed by atoms with Gasteiger partial charge in [-0.1, -0.05) is 6.07 Å². The number of ether oxygens (including phenoxy) is 3. The first kappa shape index (κ1) is 18.9. The van der Waals surface area contributed by atoms with E-state index >= 15 is 0 Å². The number of piperazine rings is 1. The Labute approximate surface area is 167 Å². The van der Waals surface area contributed by atoms with Crippen molar-refractivity contribution in [1.29, 1.82) is 0 Å². The highest BCUT2D eigenvalue weighted by Crippen LogP contribution is 2.40. The molecule has 0 aromatic heterocycles. The van der Waals surface area contributed by atoms with E-state index in [9.17, 15) is 14.9 Å². The van der Waals surface area contributed by atoms with Crippen LogP contribution in [0.1, 0.15) is 10.4 Å². The monoisotopic (exact) mass is 399 g/mol. The van der Waals surface area contributed by atoms with Gasteiger partial charge in [0.25, 0.3) is 11.6 Å². The standard InChI is InChI=1S/C20H21N3O6/c1-27-17-11-14(12-18-19(17)29-10-9-28-18)20(24)22-7-5-21(6-8-22)15-3-2-4-16(13-15)23(25)26/h2-4,11-13H,5-10H2,1H3. The number of nitro groups is 1. The van der Waals surface area contributed by atoms with Gasteiger partial charge in [0.05, 0.1) is 12.0 Å². The molecule has 1 amide bonds. The van der Waals surface area contributed by atoms with Gasteiger partial charge >= 0.3 is 0 Å². The lowest BCUT2D eigenvalue weighted by atomic mass is 10.1. The zero-order valence-electron chi connectivity index (χ0n) is 16.0. The van der Waals surface area contributed by atoms with E-state index in [2.05, 4.69) is 0 Å². The first-order valence-electron chi connectivity index (χ1n) is 9.33. The molecular weight excluding hydrogens is 378 g/mol. The van der Waals surface area contributed by atoms with E-state index in [1.165, 1.54) is 13.2 Å². The Morgan fingerprint density at radius 1 is 1.10 bits per heavy atom. The summed E-state index contributed by atoms with van der Waals surface area (Å²) in [6, 6.07) is 9.90. The Hall–Kier alpha value is -3.49. The van der Waals surface area contributed by atoms with Gasteiger partial charge in [0.2, 0.25) is 5.75 Å². The van der Waals surface area contributed by atoms with Crippen LogP contribution in [0.5, 0.6) is 17.2 Å². The maximum atomic E-state index is 13.0. The second kappa shape index (κ2) is 7.86. The minimum absolute atomic E-state index is 0.0596. The number of non-ortho nitro benzene ring substituents is 1. The van der Waals surface area contributed by atoms with Gasteiger partial charge < -0.3 is 24.0 Å². The lowest BCUT2D eigenvalue weighted by Gasteiger charge is -2.36. The summed E-state index contributed by atoms with van der Waals surface area (Å²) in [4.78, 5) is 27.4. The fraction of sp³-hybridized carbons (Fsp3) is 0.350. The van der Waals surface area contributed by atoms with Gasteiger partial charge in [-0.2, -0.15) is 0 Å². The molecular formula is C20H21N3O6. The summed E-state index contributed by atoms with van der Waals surface area (Å²) in [6.07, 6.45) is 0. The van der Waals surface area contributed by atoms with E-state index in [1.54, 1.807) is 29.2 Å². The highest BCUT2D eigenvalue weighted by molar-refractivity contribution is 5.96. The Morgan fingerprint density at radius 3 is 2.59 bits per heavy atom. The van der Waals surface area contributed by atoms with Gasteiger partial charge in [-0.25, -0.2) is 0 Å². The largest absolute Gasteiger partial charge is 0.493 e. The molecule has 9 heteroatoms. The number of nitro benzene ring substituents is 1. The summed E-state index contributed by atoms with van der Waals surface area (Å²) >= 11 is 0. The van der Waals surface area contributed by atoms with E-state index in [1.807, 2.05) is 11.0 Å². The molecule has 4 rings (SSSR count). The maximum Gasteiger partial charge on any atom is 0.271 e. The summed E-state index contributed by atoms with van der Waals surface area (Å²) in [6.45, 7) is 3.08. The number of amides is 1.